The molecule has 3 nitrogen and oxygen atoms in total. The van der Waals surface area contributed by atoms with Crippen LogP contribution in [0.4, 0.5) is 0 Å². The molecule has 0 radical (unpaired) electrons. The zero-order valence-corrected chi connectivity index (χ0v) is 9.45. The van der Waals surface area contributed by atoms with Gasteiger partial charge in [-0.1, -0.05) is 6.92 Å². The quantitative estimate of drug-likeness (QED) is 0.611. The summed E-state index contributed by atoms with van der Waals surface area (Å²) in [4.78, 5) is 13.6. The highest BCUT2D eigenvalue weighted by Crippen LogP contribution is 2.26. The molecule has 1 aliphatic carbocycles. The Balaban J connectivity index is 2.27. The molecule has 0 saturated heterocycles. The number of carbonyl (C=O) groups is 1. The van der Waals surface area contributed by atoms with E-state index in [0.717, 1.165) is 13.0 Å². The molecule has 0 aliphatic heterocycles. The molecule has 14 heavy (non-hydrogen) atoms. The Labute approximate surface area is 86.4 Å². The third-order valence-corrected chi connectivity index (χ3v) is 2.27. The summed E-state index contributed by atoms with van der Waals surface area (Å²) in [7, 11) is 0. The average Bonchev–Trinajstić information content (AvgIpc) is 2.83. The van der Waals surface area contributed by atoms with Gasteiger partial charge in [-0.15, -0.1) is 0 Å². The van der Waals surface area contributed by atoms with Gasteiger partial charge in [-0.3, -0.25) is 9.69 Å². The van der Waals surface area contributed by atoms with Crippen molar-refractivity contribution in [1.82, 2.24) is 4.90 Å². The van der Waals surface area contributed by atoms with Gasteiger partial charge in [0, 0.05) is 6.04 Å². The summed E-state index contributed by atoms with van der Waals surface area (Å²) in [6.45, 7) is 7.40. The van der Waals surface area contributed by atoms with Crippen LogP contribution in [-0.2, 0) is 9.53 Å². The van der Waals surface area contributed by atoms with Crippen LogP contribution in [0.15, 0.2) is 0 Å². The number of rotatable bonds is 6. The Kier molecular flexibility index (Phi) is 4.39. The van der Waals surface area contributed by atoms with Crippen molar-refractivity contribution in [3.8, 4) is 0 Å². The van der Waals surface area contributed by atoms with Crippen molar-refractivity contribution in [2.24, 2.45) is 0 Å². The smallest absolute Gasteiger partial charge is 0.320 e. The second-order valence-electron chi connectivity index (χ2n) is 4.24. The molecule has 0 spiro atoms. The number of nitrogens with zero attached hydrogens (tertiary/aromatic N) is 1. The molecule has 0 aromatic heterocycles. The minimum absolute atomic E-state index is 0.00480. The Morgan fingerprint density at radius 1 is 1.50 bits per heavy atom. The molecule has 0 aromatic rings. The van der Waals surface area contributed by atoms with E-state index in [-0.39, 0.29) is 12.1 Å². The predicted octanol–water partition coefficient (Wildman–Crippen LogP) is 1.81. The Bertz CT molecular complexity index is 188. The van der Waals surface area contributed by atoms with E-state index < -0.39 is 0 Å². The maximum absolute atomic E-state index is 11.4. The van der Waals surface area contributed by atoms with E-state index >= 15 is 0 Å². The van der Waals surface area contributed by atoms with Gasteiger partial charge in [0.1, 0.15) is 0 Å². The van der Waals surface area contributed by atoms with Crippen LogP contribution >= 0.6 is 0 Å². The maximum atomic E-state index is 11.4. The van der Waals surface area contributed by atoms with Crippen LogP contribution in [0.25, 0.3) is 0 Å². The van der Waals surface area contributed by atoms with Crippen LogP contribution in [0.2, 0.25) is 0 Å². The van der Waals surface area contributed by atoms with E-state index in [1.54, 1.807) is 0 Å². The van der Waals surface area contributed by atoms with Crippen molar-refractivity contribution in [2.75, 3.05) is 13.1 Å². The lowest BCUT2D eigenvalue weighted by Gasteiger charge is -2.20. The van der Waals surface area contributed by atoms with Gasteiger partial charge in [0.05, 0.1) is 12.6 Å². The molecule has 3 heteroatoms. The largest absolute Gasteiger partial charge is 0.462 e. The summed E-state index contributed by atoms with van der Waals surface area (Å²) in [5.41, 5.74) is 0. The van der Waals surface area contributed by atoms with Crippen molar-refractivity contribution in [2.45, 2.75) is 52.2 Å². The maximum Gasteiger partial charge on any atom is 0.320 e. The van der Waals surface area contributed by atoms with Crippen molar-refractivity contribution in [3.05, 3.63) is 0 Å². The number of esters is 1. The van der Waals surface area contributed by atoms with Crippen molar-refractivity contribution in [1.29, 1.82) is 0 Å². The van der Waals surface area contributed by atoms with Gasteiger partial charge in [-0.05, 0) is 39.7 Å². The highest BCUT2D eigenvalue weighted by Gasteiger charge is 2.29. The zero-order chi connectivity index (χ0) is 10.6. The SMILES string of the molecule is CCCN(CC(=O)OC(C)C)C1CC1. The zero-order valence-electron chi connectivity index (χ0n) is 9.45. The summed E-state index contributed by atoms with van der Waals surface area (Å²) in [6.07, 6.45) is 3.60. The van der Waals surface area contributed by atoms with Crippen LogP contribution in [-0.4, -0.2) is 36.1 Å². The Morgan fingerprint density at radius 2 is 2.14 bits per heavy atom. The van der Waals surface area contributed by atoms with Gasteiger partial charge in [-0.2, -0.15) is 0 Å². The molecule has 1 saturated carbocycles. The van der Waals surface area contributed by atoms with Gasteiger partial charge in [0.25, 0.3) is 0 Å². The first-order chi connectivity index (χ1) is 6.63. The van der Waals surface area contributed by atoms with Gasteiger partial charge in [0.15, 0.2) is 0 Å². The summed E-state index contributed by atoms with van der Waals surface area (Å²) >= 11 is 0. The van der Waals surface area contributed by atoms with Crippen molar-refractivity contribution >= 4 is 5.97 Å². The van der Waals surface area contributed by atoms with Gasteiger partial charge in [-0.25, -0.2) is 0 Å². The molecular formula is C11H21NO2. The minimum Gasteiger partial charge on any atom is -0.462 e. The fourth-order valence-corrected chi connectivity index (χ4v) is 1.58. The lowest BCUT2D eigenvalue weighted by atomic mass is 10.4. The summed E-state index contributed by atoms with van der Waals surface area (Å²) in [6, 6.07) is 0.648. The first kappa shape index (κ1) is 11.5. The summed E-state index contributed by atoms with van der Waals surface area (Å²) < 4.78 is 5.12. The van der Waals surface area contributed by atoms with E-state index in [1.165, 1.54) is 12.8 Å². The number of carbonyl (C=O) groups excluding carboxylic acids is 1. The van der Waals surface area contributed by atoms with E-state index in [9.17, 15) is 4.79 Å². The summed E-state index contributed by atoms with van der Waals surface area (Å²) in [5.74, 6) is -0.0830. The molecule has 0 heterocycles. The second-order valence-corrected chi connectivity index (χ2v) is 4.24. The van der Waals surface area contributed by atoms with E-state index in [4.69, 9.17) is 4.74 Å². The molecule has 0 N–H and O–H groups in total. The molecule has 0 bridgehead atoms. The van der Waals surface area contributed by atoms with Crippen molar-refractivity contribution in [3.63, 3.8) is 0 Å². The van der Waals surface area contributed by atoms with Crippen molar-refractivity contribution < 1.29 is 9.53 Å². The number of ether oxygens (including phenoxy) is 1. The molecule has 0 amide bonds. The van der Waals surface area contributed by atoms with Crippen LogP contribution in [0.5, 0.6) is 0 Å². The molecule has 0 aromatic carbocycles. The van der Waals surface area contributed by atoms with E-state index in [2.05, 4.69) is 11.8 Å². The number of hydrogen-bond donors (Lipinski definition) is 0. The third-order valence-electron chi connectivity index (χ3n) is 2.27. The van der Waals surface area contributed by atoms with Crippen LogP contribution < -0.4 is 0 Å². The fraction of sp³-hybridized carbons (Fsp3) is 0.909. The molecule has 82 valence electrons. The summed E-state index contributed by atoms with van der Waals surface area (Å²) in [5, 5.41) is 0. The van der Waals surface area contributed by atoms with Crippen LogP contribution in [0, 0.1) is 0 Å². The first-order valence-corrected chi connectivity index (χ1v) is 5.57. The predicted molar refractivity (Wildman–Crippen MR) is 56.1 cm³/mol. The monoisotopic (exact) mass is 199 g/mol. The molecule has 0 unspecified atom stereocenters. The molecule has 1 aliphatic rings. The molecule has 0 atom stereocenters. The highest BCUT2D eigenvalue weighted by atomic mass is 16.5. The standard InChI is InChI=1S/C11H21NO2/c1-4-7-12(10-5-6-10)8-11(13)14-9(2)3/h9-10H,4-8H2,1-3H3. The lowest BCUT2D eigenvalue weighted by molar-refractivity contribution is -0.148. The van der Waals surface area contributed by atoms with Crippen LogP contribution in [0.3, 0.4) is 0 Å². The topological polar surface area (TPSA) is 29.5 Å². The molecular weight excluding hydrogens is 178 g/mol. The van der Waals surface area contributed by atoms with Gasteiger partial charge >= 0.3 is 5.97 Å². The Morgan fingerprint density at radius 3 is 2.57 bits per heavy atom. The third kappa shape index (κ3) is 4.09. The Hall–Kier alpha value is -0.570. The van der Waals surface area contributed by atoms with E-state index in [1.807, 2.05) is 13.8 Å². The normalized spacial score (nSPS) is 16.4. The van der Waals surface area contributed by atoms with Crippen LogP contribution in [0.1, 0.15) is 40.0 Å². The van der Waals surface area contributed by atoms with E-state index in [0.29, 0.717) is 12.6 Å². The average molecular weight is 199 g/mol. The molecule has 1 fully saturated rings. The first-order valence-electron chi connectivity index (χ1n) is 5.57. The van der Waals surface area contributed by atoms with Gasteiger partial charge in [0.2, 0.25) is 0 Å². The van der Waals surface area contributed by atoms with Gasteiger partial charge < -0.3 is 4.74 Å². The highest BCUT2D eigenvalue weighted by molar-refractivity contribution is 5.71. The lowest BCUT2D eigenvalue weighted by Crippen LogP contribution is -2.34. The fourth-order valence-electron chi connectivity index (χ4n) is 1.58. The second kappa shape index (κ2) is 5.35. The molecule has 1 rings (SSSR count). The number of hydrogen-bond acceptors (Lipinski definition) is 3. The minimum atomic E-state index is -0.0830.